The van der Waals surface area contributed by atoms with Gasteiger partial charge in [0.2, 0.25) is 5.91 Å². The highest BCUT2D eigenvalue weighted by Gasteiger charge is 2.32. The van der Waals surface area contributed by atoms with Crippen molar-refractivity contribution in [2.24, 2.45) is 5.92 Å². The largest absolute Gasteiger partial charge is 0.469 e. The molecule has 0 bridgehead atoms. The number of carbonyl (C=O) groups is 3. The summed E-state index contributed by atoms with van der Waals surface area (Å²) in [5.41, 5.74) is 1.48. The normalized spacial score (nSPS) is 16.0. The number of esters is 1. The van der Waals surface area contributed by atoms with Gasteiger partial charge in [0.1, 0.15) is 11.9 Å². The maximum Gasteiger partial charge on any atom is 0.318 e. The van der Waals surface area contributed by atoms with Crippen LogP contribution in [0.15, 0.2) is 54.6 Å². The standard InChI is InChI=1S/C29H38FN3O4/c1-20(27(35)37-4)18-25(26(34)32-29(2,3)19-21-10-12-24(30)13-11-21)31-28(36)33-16-14-23(15-17-33)22-8-6-5-7-9-22/h5-13,20,23,25H,14-19H2,1-4H3,(H,31,36)(H,32,34)/t20-,25-/m0/s1. The van der Waals surface area contributed by atoms with Crippen LogP contribution in [0.1, 0.15) is 57.1 Å². The molecule has 1 heterocycles. The number of carbonyl (C=O) groups excluding carboxylic acids is 3. The summed E-state index contributed by atoms with van der Waals surface area (Å²) >= 11 is 0. The summed E-state index contributed by atoms with van der Waals surface area (Å²) in [7, 11) is 1.30. The van der Waals surface area contributed by atoms with Crippen LogP contribution < -0.4 is 10.6 Å². The highest BCUT2D eigenvalue weighted by molar-refractivity contribution is 5.88. The lowest BCUT2D eigenvalue weighted by atomic mass is 9.89. The molecule has 2 aromatic rings. The Labute approximate surface area is 218 Å². The number of nitrogens with zero attached hydrogens (tertiary/aromatic N) is 1. The molecular formula is C29H38FN3O4. The van der Waals surface area contributed by atoms with Crippen LogP contribution in [0.2, 0.25) is 0 Å². The molecule has 1 aliphatic heterocycles. The van der Waals surface area contributed by atoms with Crippen LogP contribution in [0, 0.1) is 11.7 Å². The van der Waals surface area contributed by atoms with E-state index < -0.39 is 23.5 Å². The molecule has 2 aromatic carbocycles. The Morgan fingerprint density at radius 3 is 2.27 bits per heavy atom. The predicted molar refractivity (Wildman–Crippen MR) is 140 cm³/mol. The molecule has 7 nitrogen and oxygen atoms in total. The van der Waals surface area contributed by atoms with Gasteiger partial charge in [0.15, 0.2) is 0 Å². The minimum atomic E-state index is -0.916. The van der Waals surface area contributed by atoms with E-state index in [1.807, 2.05) is 32.0 Å². The van der Waals surface area contributed by atoms with Gasteiger partial charge in [-0.1, -0.05) is 49.4 Å². The first kappa shape index (κ1) is 28.2. The van der Waals surface area contributed by atoms with Gasteiger partial charge in [-0.05, 0) is 68.7 Å². The molecule has 3 amide bonds. The van der Waals surface area contributed by atoms with Crippen molar-refractivity contribution in [3.05, 3.63) is 71.5 Å². The van der Waals surface area contributed by atoms with E-state index in [9.17, 15) is 18.8 Å². The van der Waals surface area contributed by atoms with Crippen LogP contribution in [0.4, 0.5) is 9.18 Å². The zero-order valence-corrected chi connectivity index (χ0v) is 22.1. The number of halogens is 1. The Balaban J connectivity index is 1.64. The SMILES string of the molecule is COC(=O)[C@@H](C)C[C@H](NC(=O)N1CCC(c2ccccc2)CC1)C(=O)NC(C)(C)Cc1ccc(F)cc1. The lowest BCUT2D eigenvalue weighted by Crippen LogP contribution is -2.57. The Kier molecular flexibility index (Phi) is 9.66. The number of nitrogens with one attached hydrogen (secondary N) is 2. The van der Waals surface area contributed by atoms with Crippen LogP contribution in [0.25, 0.3) is 0 Å². The molecule has 1 aliphatic rings. The molecule has 200 valence electrons. The van der Waals surface area contributed by atoms with E-state index in [0.29, 0.717) is 25.4 Å². The number of amides is 3. The minimum Gasteiger partial charge on any atom is -0.469 e. The van der Waals surface area contributed by atoms with Gasteiger partial charge in [-0.15, -0.1) is 0 Å². The first-order valence-corrected chi connectivity index (χ1v) is 12.8. The van der Waals surface area contributed by atoms with Crippen LogP contribution in [-0.4, -0.2) is 54.6 Å². The third kappa shape index (κ3) is 8.30. The van der Waals surface area contributed by atoms with Crippen LogP contribution >= 0.6 is 0 Å². The summed E-state index contributed by atoms with van der Waals surface area (Å²) < 4.78 is 18.1. The van der Waals surface area contributed by atoms with Crippen molar-refractivity contribution >= 4 is 17.9 Å². The Morgan fingerprint density at radius 2 is 1.68 bits per heavy atom. The third-order valence-corrected chi connectivity index (χ3v) is 6.88. The van der Waals surface area contributed by atoms with Gasteiger partial charge in [0.25, 0.3) is 0 Å². The van der Waals surface area contributed by atoms with Gasteiger partial charge < -0.3 is 20.3 Å². The number of benzene rings is 2. The Morgan fingerprint density at radius 1 is 1.05 bits per heavy atom. The zero-order valence-electron chi connectivity index (χ0n) is 22.1. The minimum absolute atomic E-state index is 0.108. The second-order valence-corrected chi connectivity index (χ2v) is 10.5. The molecule has 0 unspecified atom stereocenters. The zero-order chi connectivity index (χ0) is 27.0. The number of likely N-dealkylation sites (tertiary alicyclic amines) is 1. The van der Waals surface area contributed by atoms with Gasteiger partial charge in [-0.25, -0.2) is 9.18 Å². The molecule has 3 rings (SSSR count). The molecule has 0 aromatic heterocycles. The van der Waals surface area contributed by atoms with Crippen molar-refractivity contribution in [3.8, 4) is 0 Å². The topological polar surface area (TPSA) is 87.7 Å². The first-order chi connectivity index (χ1) is 17.6. The molecule has 2 N–H and O–H groups in total. The second kappa shape index (κ2) is 12.7. The highest BCUT2D eigenvalue weighted by Crippen LogP contribution is 2.27. The summed E-state index contributed by atoms with van der Waals surface area (Å²) in [5.74, 6) is -1.32. The lowest BCUT2D eigenvalue weighted by molar-refractivity contribution is -0.145. The first-order valence-electron chi connectivity index (χ1n) is 12.8. The third-order valence-electron chi connectivity index (χ3n) is 6.88. The lowest BCUT2D eigenvalue weighted by Gasteiger charge is -2.34. The maximum absolute atomic E-state index is 13.3. The molecule has 0 aliphatic carbocycles. The van der Waals surface area contributed by atoms with Gasteiger partial charge in [0, 0.05) is 18.6 Å². The number of methoxy groups -OCH3 is 1. The van der Waals surface area contributed by atoms with Crippen molar-refractivity contribution in [3.63, 3.8) is 0 Å². The number of urea groups is 1. The number of hydrogen-bond acceptors (Lipinski definition) is 4. The van der Waals surface area contributed by atoms with Crippen LogP contribution in [0.5, 0.6) is 0 Å². The number of rotatable bonds is 9. The van der Waals surface area contributed by atoms with E-state index in [1.54, 1.807) is 24.0 Å². The fourth-order valence-corrected chi connectivity index (χ4v) is 4.84. The molecule has 0 radical (unpaired) electrons. The average molecular weight is 512 g/mol. The van der Waals surface area contributed by atoms with Crippen molar-refractivity contribution < 1.29 is 23.5 Å². The van der Waals surface area contributed by atoms with Crippen molar-refractivity contribution in [2.45, 2.75) is 64.0 Å². The van der Waals surface area contributed by atoms with Gasteiger partial charge in [0.05, 0.1) is 13.0 Å². The molecular weight excluding hydrogens is 473 g/mol. The van der Waals surface area contributed by atoms with E-state index in [0.717, 1.165) is 18.4 Å². The fourth-order valence-electron chi connectivity index (χ4n) is 4.84. The maximum atomic E-state index is 13.3. The number of ether oxygens (including phenoxy) is 1. The monoisotopic (exact) mass is 511 g/mol. The molecule has 2 atom stereocenters. The molecule has 37 heavy (non-hydrogen) atoms. The molecule has 0 saturated carbocycles. The summed E-state index contributed by atoms with van der Waals surface area (Å²) in [6, 6.07) is 15.2. The Hall–Kier alpha value is -3.42. The van der Waals surface area contributed by atoms with E-state index in [4.69, 9.17) is 4.74 Å². The molecule has 1 fully saturated rings. The van der Waals surface area contributed by atoms with E-state index in [1.165, 1.54) is 24.8 Å². The summed E-state index contributed by atoms with van der Waals surface area (Å²) in [5, 5.41) is 5.86. The number of hydrogen-bond donors (Lipinski definition) is 2. The molecule has 0 spiro atoms. The van der Waals surface area contributed by atoms with Crippen LogP contribution in [0.3, 0.4) is 0 Å². The summed E-state index contributed by atoms with van der Waals surface area (Å²) in [4.78, 5) is 40.3. The number of piperidine rings is 1. The fraction of sp³-hybridized carbons (Fsp3) is 0.483. The van der Waals surface area contributed by atoms with Crippen molar-refractivity contribution in [1.29, 1.82) is 0 Å². The highest BCUT2D eigenvalue weighted by atomic mass is 19.1. The average Bonchev–Trinajstić information content (AvgIpc) is 2.89. The summed E-state index contributed by atoms with van der Waals surface area (Å²) in [6.45, 7) is 6.58. The predicted octanol–water partition coefficient (Wildman–Crippen LogP) is 4.42. The second-order valence-electron chi connectivity index (χ2n) is 10.5. The summed E-state index contributed by atoms with van der Waals surface area (Å²) in [6.07, 6.45) is 2.27. The van der Waals surface area contributed by atoms with Crippen LogP contribution in [-0.2, 0) is 20.7 Å². The van der Waals surface area contributed by atoms with Crippen molar-refractivity contribution in [2.75, 3.05) is 20.2 Å². The van der Waals surface area contributed by atoms with Gasteiger partial charge in [-0.2, -0.15) is 0 Å². The smallest absolute Gasteiger partial charge is 0.318 e. The van der Waals surface area contributed by atoms with E-state index >= 15 is 0 Å². The quantitative estimate of drug-likeness (QED) is 0.488. The van der Waals surface area contributed by atoms with Gasteiger partial charge >= 0.3 is 12.0 Å². The van der Waals surface area contributed by atoms with Crippen molar-refractivity contribution in [1.82, 2.24) is 15.5 Å². The van der Waals surface area contributed by atoms with Gasteiger partial charge in [-0.3, -0.25) is 9.59 Å². The van der Waals surface area contributed by atoms with E-state index in [-0.39, 0.29) is 24.2 Å². The Bertz CT molecular complexity index is 1050. The molecule has 8 heteroatoms. The van der Waals surface area contributed by atoms with E-state index in [2.05, 4.69) is 22.8 Å². The molecule has 1 saturated heterocycles.